The summed E-state index contributed by atoms with van der Waals surface area (Å²) in [6, 6.07) is 15.4. The molecule has 0 N–H and O–H groups in total. The van der Waals surface area contributed by atoms with E-state index in [1.54, 1.807) is 13.2 Å². The molecule has 0 radical (unpaired) electrons. The zero-order valence-corrected chi connectivity index (χ0v) is 14.2. The first-order valence-corrected chi connectivity index (χ1v) is 7.94. The average molecular weight is 335 g/mol. The Kier molecular flexibility index (Phi) is 4.47. The number of rotatable bonds is 2. The van der Waals surface area contributed by atoms with E-state index in [2.05, 4.69) is 17.9 Å². The lowest BCUT2D eigenvalue weighted by atomic mass is 10.1. The molecule has 0 unspecified atom stereocenters. The maximum atomic E-state index is 9.62. The molecule has 3 nitrogen and oxygen atoms in total. The maximum absolute atomic E-state index is 9.62. The predicted octanol–water partition coefficient (Wildman–Crippen LogP) is 4.59. The van der Waals surface area contributed by atoms with Crippen molar-refractivity contribution in [3.63, 3.8) is 0 Å². The van der Waals surface area contributed by atoms with Crippen LogP contribution in [0.4, 0.5) is 0 Å². The summed E-state index contributed by atoms with van der Waals surface area (Å²) in [5, 5.41) is 11.1. The zero-order valence-electron chi connectivity index (χ0n) is 13.4. The Balaban J connectivity index is 2.25. The lowest BCUT2D eigenvalue weighted by molar-refractivity contribution is 0.415. The van der Waals surface area contributed by atoms with Gasteiger partial charge < -0.3 is 9.30 Å². The number of hydrogen-bond acceptors (Lipinski definition) is 2. The molecule has 0 fully saturated rings. The number of aromatic nitrogens is 1. The van der Waals surface area contributed by atoms with Crippen LogP contribution in [0, 0.1) is 23.2 Å². The van der Waals surface area contributed by atoms with Gasteiger partial charge >= 0.3 is 0 Å². The van der Waals surface area contributed by atoms with Crippen molar-refractivity contribution in [2.24, 2.45) is 0 Å². The molecule has 0 saturated heterocycles. The summed E-state index contributed by atoms with van der Waals surface area (Å²) in [6.45, 7) is 2.73. The van der Waals surface area contributed by atoms with Crippen molar-refractivity contribution < 1.29 is 4.74 Å². The molecule has 0 spiro atoms. The third-order valence-electron chi connectivity index (χ3n) is 3.89. The van der Waals surface area contributed by atoms with E-state index in [0.717, 1.165) is 22.2 Å². The summed E-state index contributed by atoms with van der Waals surface area (Å²) in [5.41, 5.74) is 2.96. The van der Waals surface area contributed by atoms with E-state index in [1.165, 1.54) is 0 Å². The van der Waals surface area contributed by atoms with E-state index >= 15 is 0 Å². The number of benzene rings is 2. The molecule has 4 heteroatoms. The van der Waals surface area contributed by atoms with Gasteiger partial charge in [-0.1, -0.05) is 29.7 Å². The molecule has 0 saturated carbocycles. The third kappa shape index (κ3) is 2.71. The van der Waals surface area contributed by atoms with Gasteiger partial charge in [0.1, 0.15) is 17.5 Å². The fraction of sp³-hybridized carbons (Fsp3) is 0.150. The van der Waals surface area contributed by atoms with Crippen molar-refractivity contribution in [1.82, 2.24) is 4.57 Å². The van der Waals surface area contributed by atoms with Gasteiger partial charge in [0.15, 0.2) is 0 Å². The van der Waals surface area contributed by atoms with E-state index in [4.69, 9.17) is 16.3 Å². The Hall–Kier alpha value is -2.88. The number of nitriles is 1. The van der Waals surface area contributed by atoms with Crippen LogP contribution >= 0.6 is 11.6 Å². The molecule has 3 aromatic rings. The molecule has 0 amide bonds. The normalized spacial score (nSPS) is 10.1. The summed E-state index contributed by atoms with van der Waals surface area (Å²) in [7, 11) is 1.63. The molecular weight excluding hydrogens is 320 g/mol. The molecule has 2 aromatic carbocycles. The average Bonchev–Trinajstić information content (AvgIpc) is 2.92. The number of nitrogens with zero attached hydrogens (tertiary/aromatic N) is 2. The summed E-state index contributed by atoms with van der Waals surface area (Å²) >= 11 is 6.17. The highest BCUT2D eigenvalue weighted by Gasteiger charge is 2.15. The number of halogens is 1. The van der Waals surface area contributed by atoms with Gasteiger partial charge in [-0.15, -0.1) is 0 Å². The number of methoxy groups -OCH3 is 1. The van der Waals surface area contributed by atoms with Crippen molar-refractivity contribution in [3.05, 3.63) is 64.3 Å². The second kappa shape index (κ2) is 6.71. The van der Waals surface area contributed by atoms with E-state index in [9.17, 15) is 5.26 Å². The van der Waals surface area contributed by atoms with Gasteiger partial charge in [-0.2, -0.15) is 5.26 Å². The predicted molar refractivity (Wildman–Crippen MR) is 96.3 cm³/mol. The quantitative estimate of drug-likeness (QED) is 0.643. The van der Waals surface area contributed by atoms with Crippen molar-refractivity contribution in [2.45, 2.75) is 13.5 Å². The first-order chi connectivity index (χ1) is 11.7. The van der Waals surface area contributed by atoms with Gasteiger partial charge in [0.05, 0.1) is 23.2 Å². The minimum absolute atomic E-state index is 0.578. The molecule has 118 valence electrons. The van der Waals surface area contributed by atoms with Gasteiger partial charge in [-0.3, -0.25) is 0 Å². The smallest absolute Gasteiger partial charge is 0.120 e. The summed E-state index contributed by atoms with van der Waals surface area (Å²) in [4.78, 5) is 0. The number of aryl methyl sites for hydroxylation is 1. The molecule has 1 aromatic heterocycles. The fourth-order valence-corrected chi connectivity index (χ4v) is 2.90. The standard InChI is InChI=1S/C20H15ClN2O/c1-3-23-19(11-8-14-6-4-5-7-18(14)21)17(13-22)16-10-9-15(24-2)12-20(16)23/h4-7,9-10,12H,3H2,1-2H3. The highest BCUT2D eigenvalue weighted by atomic mass is 35.5. The SMILES string of the molecule is CCn1c(C#Cc2ccccc2Cl)c(C#N)c2ccc(OC)cc21. The molecule has 0 aliphatic heterocycles. The molecule has 0 bridgehead atoms. The van der Waals surface area contributed by atoms with Crippen molar-refractivity contribution in [1.29, 1.82) is 5.26 Å². The second-order valence-electron chi connectivity index (χ2n) is 5.19. The first-order valence-electron chi connectivity index (χ1n) is 7.56. The van der Waals surface area contributed by atoms with Crippen LogP contribution in [0.1, 0.15) is 23.7 Å². The van der Waals surface area contributed by atoms with Crippen LogP contribution in [0.5, 0.6) is 5.75 Å². The van der Waals surface area contributed by atoms with Crippen LogP contribution in [-0.4, -0.2) is 11.7 Å². The minimum Gasteiger partial charge on any atom is -0.497 e. The second-order valence-corrected chi connectivity index (χ2v) is 5.60. The highest BCUT2D eigenvalue weighted by Crippen LogP contribution is 2.29. The molecule has 3 rings (SSSR count). The van der Waals surface area contributed by atoms with E-state index in [0.29, 0.717) is 22.8 Å². The molecule has 0 aliphatic rings. The van der Waals surface area contributed by atoms with Gasteiger partial charge in [0, 0.05) is 23.6 Å². The summed E-state index contributed by atoms with van der Waals surface area (Å²) in [6.07, 6.45) is 0. The van der Waals surface area contributed by atoms with Crippen molar-refractivity contribution in [3.8, 4) is 23.7 Å². The van der Waals surface area contributed by atoms with Crippen molar-refractivity contribution in [2.75, 3.05) is 7.11 Å². The Morgan fingerprint density at radius 2 is 1.96 bits per heavy atom. The van der Waals surface area contributed by atoms with E-state index in [-0.39, 0.29) is 0 Å². The topological polar surface area (TPSA) is 38.0 Å². The molecular formula is C20H15ClN2O. The number of hydrogen-bond donors (Lipinski definition) is 0. The summed E-state index contributed by atoms with van der Waals surface area (Å²) in [5.74, 6) is 6.97. The maximum Gasteiger partial charge on any atom is 0.120 e. The first kappa shape index (κ1) is 16.0. The Morgan fingerprint density at radius 1 is 1.17 bits per heavy atom. The van der Waals surface area contributed by atoms with Crippen LogP contribution in [0.3, 0.4) is 0 Å². The highest BCUT2D eigenvalue weighted by molar-refractivity contribution is 6.31. The Labute approximate surface area is 146 Å². The van der Waals surface area contributed by atoms with E-state index < -0.39 is 0 Å². The van der Waals surface area contributed by atoms with Crippen LogP contribution in [0.2, 0.25) is 5.02 Å². The van der Waals surface area contributed by atoms with Gasteiger partial charge in [0.25, 0.3) is 0 Å². The Morgan fingerprint density at radius 3 is 2.62 bits per heavy atom. The monoisotopic (exact) mass is 334 g/mol. The van der Waals surface area contributed by atoms with Gasteiger partial charge in [-0.05, 0) is 37.1 Å². The van der Waals surface area contributed by atoms with E-state index in [1.807, 2.05) is 47.9 Å². The molecule has 0 atom stereocenters. The molecule has 24 heavy (non-hydrogen) atoms. The van der Waals surface area contributed by atoms with Crippen LogP contribution in [0.25, 0.3) is 10.9 Å². The largest absolute Gasteiger partial charge is 0.497 e. The van der Waals surface area contributed by atoms with Crippen LogP contribution < -0.4 is 4.74 Å². The minimum atomic E-state index is 0.578. The lowest BCUT2D eigenvalue weighted by Crippen LogP contribution is -1.98. The third-order valence-corrected chi connectivity index (χ3v) is 4.22. The molecule has 1 heterocycles. The molecule has 0 aliphatic carbocycles. The van der Waals surface area contributed by atoms with Crippen LogP contribution in [-0.2, 0) is 6.54 Å². The lowest BCUT2D eigenvalue weighted by Gasteiger charge is -2.04. The summed E-state index contributed by atoms with van der Waals surface area (Å²) < 4.78 is 7.33. The number of ether oxygens (including phenoxy) is 1. The Bertz CT molecular complexity index is 1020. The number of fused-ring (bicyclic) bond motifs is 1. The zero-order chi connectivity index (χ0) is 17.1. The fourth-order valence-electron chi connectivity index (χ4n) is 2.72. The van der Waals surface area contributed by atoms with Gasteiger partial charge in [-0.25, -0.2) is 0 Å². The van der Waals surface area contributed by atoms with Gasteiger partial charge in [0.2, 0.25) is 0 Å². The van der Waals surface area contributed by atoms with Crippen molar-refractivity contribution >= 4 is 22.5 Å². The van der Waals surface area contributed by atoms with Crippen LogP contribution in [0.15, 0.2) is 42.5 Å².